The van der Waals surface area contributed by atoms with Crippen molar-refractivity contribution in [2.24, 2.45) is 0 Å². The predicted octanol–water partition coefficient (Wildman–Crippen LogP) is 1.03. The van der Waals surface area contributed by atoms with Crippen LogP contribution in [0.4, 0.5) is 8.78 Å². The monoisotopic (exact) mass is 238 g/mol. The van der Waals surface area contributed by atoms with Gasteiger partial charge in [0.15, 0.2) is 0 Å². The van der Waals surface area contributed by atoms with E-state index in [9.17, 15) is 13.6 Å². The van der Waals surface area contributed by atoms with Crippen LogP contribution in [-0.4, -0.2) is 54.6 Å². The van der Waals surface area contributed by atoms with Gasteiger partial charge in [0.2, 0.25) is 0 Å². The van der Waals surface area contributed by atoms with Crippen LogP contribution in [0.3, 0.4) is 0 Å². The summed E-state index contributed by atoms with van der Waals surface area (Å²) >= 11 is 0. The van der Waals surface area contributed by atoms with Crippen molar-refractivity contribution in [2.75, 3.05) is 26.7 Å². The van der Waals surface area contributed by atoms with E-state index in [0.29, 0.717) is 19.5 Å². The summed E-state index contributed by atoms with van der Waals surface area (Å²) in [5.74, 6) is -0.959. The Labute approximate surface area is 94.6 Å². The number of halogens is 2. The summed E-state index contributed by atoms with van der Waals surface area (Å²) in [5.41, 5.74) is -1.05. The molecule has 1 atom stereocenters. The number of carboxylic acid groups (broad SMARTS) is 1. The molecule has 96 valence electrons. The lowest BCUT2D eigenvalue weighted by molar-refractivity contribution is -0.144. The molecule has 0 bridgehead atoms. The van der Waals surface area contributed by atoms with Gasteiger partial charge in [0.25, 0.3) is 6.43 Å². The van der Waals surface area contributed by atoms with Crippen molar-refractivity contribution >= 4 is 5.97 Å². The third kappa shape index (κ3) is 5.37. The molecule has 0 radical (unpaired) electrons. The van der Waals surface area contributed by atoms with Gasteiger partial charge < -0.3 is 15.3 Å². The van der Waals surface area contributed by atoms with Gasteiger partial charge in [0.05, 0.1) is 6.54 Å². The largest absolute Gasteiger partial charge is 0.480 e. The fourth-order valence-electron chi connectivity index (χ4n) is 1.40. The second kappa shape index (κ2) is 6.75. The van der Waals surface area contributed by atoms with Crippen LogP contribution in [0.5, 0.6) is 0 Å². The molecule has 0 aromatic carbocycles. The van der Waals surface area contributed by atoms with Crippen LogP contribution < -0.4 is 5.32 Å². The molecule has 0 saturated carbocycles. The van der Waals surface area contributed by atoms with Gasteiger partial charge in [-0.15, -0.1) is 0 Å². The molecule has 0 aromatic heterocycles. The van der Waals surface area contributed by atoms with Gasteiger partial charge in [0, 0.05) is 6.54 Å². The summed E-state index contributed by atoms with van der Waals surface area (Å²) in [6.07, 6.45) is -2.10. The molecule has 6 heteroatoms. The first kappa shape index (κ1) is 15.2. The molecular weight excluding hydrogens is 218 g/mol. The average molecular weight is 238 g/mol. The Morgan fingerprint density at radius 1 is 1.56 bits per heavy atom. The molecule has 0 heterocycles. The molecule has 1 unspecified atom stereocenters. The molecule has 0 amide bonds. The highest BCUT2D eigenvalue weighted by molar-refractivity contribution is 5.78. The summed E-state index contributed by atoms with van der Waals surface area (Å²) < 4.78 is 24.1. The molecule has 4 nitrogen and oxygen atoms in total. The van der Waals surface area contributed by atoms with E-state index in [2.05, 4.69) is 5.32 Å². The maximum atomic E-state index is 12.0. The lowest BCUT2D eigenvalue weighted by Gasteiger charge is -2.28. The fourth-order valence-corrected chi connectivity index (χ4v) is 1.40. The van der Waals surface area contributed by atoms with Crippen LogP contribution in [0.1, 0.15) is 20.3 Å². The summed E-state index contributed by atoms with van der Waals surface area (Å²) in [6.45, 7) is 3.89. The van der Waals surface area contributed by atoms with Crippen LogP contribution in [0.15, 0.2) is 0 Å². The van der Waals surface area contributed by atoms with E-state index in [-0.39, 0.29) is 6.54 Å². The molecule has 2 N–H and O–H groups in total. The standard InChI is InChI=1S/C10H20F2N2O2/c1-4-13-10(2,9(15)16)5-6-14(3)7-8(11)12/h8,13H,4-7H2,1-3H3,(H,15,16). The Balaban J connectivity index is 4.17. The lowest BCUT2D eigenvalue weighted by Crippen LogP contribution is -2.51. The number of carbonyl (C=O) groups is 1. The lowest BCUT2D eigenvalue weighted by atomic mass is 9.97. The number of aliphatic carboxylic acids is 1. The topological polar surface area (TPSA) is 52.6 Å². The Bertz CT molecular complexity index is 227. The van der Waals surface area contributed by atoms with E-state index < -0.39 is 17.9 Å². The number of nitrogens with zero attached hydrogens (tertiary/aromatic N) is 1. The SMILES string of the molecule is CCNC(C)(CCN(C)CC(F)F)C(=O)O. The second-order valence-electron chi connectivity index (χ2n) is 4.07. The molecule has 0 aliphatic rings. The summed E-state index contributed by atoms with van der Waals surface area (Å²) in [4.78, 5) is 12.5. The van der Waals surface area contributed by atoms with E-state index in [1.54, 1.807) is 14.0 Å². The first-order valence-electron chi connectivity index (χ1n) is 5.27. The number of hydrogen-bond donors (Lipinski definition) is 2. The van der Waals surface area contributed by atoms with E-state index in [1.807, 2.05) is 6.92 Å². The molecule has 0 aliphatic carbocycles. The minimum Gasteiger partial charge on any atom is -0.480 e. The molecule has 0 aromatic rings. The minimum absolute atomic E-state index is 0.291. The molecule has 0 fully saturated rings. The van der Waals surface area contributed by atoms with Crippen LogP contribution in [0, 0.1) is 0 Å². The Morgan fingerprint density at radius 3 is 2.50 bits per heavy atom. The molecule has 0 aliphatic heterocycles. The first-order chi connectivity index (χ1) is 7.31. The third-order valence-corrected chi connectivity index (χ3v) is 2.48. The minimum atomic E-state index is -2.39. The highest BCUT2D eigenvalue weighted by Crippen LogP contribution is 2.11. The maximum Gasteiger partial charge on any atom is 0.323 e. The Morgan fingerprint density at radius 2 is 2.12 bits per heavy atom. The van der Waals surface area contributed by atoms with Crippen molar-refractivity contribution in [2.45, 2.75) is 32.2 Å². The van der Waals surface area contributed by atoms with Crippen LogP contribution >= 0.6 is 0 Å². The van der Waals surface area contributed by atoms with Gasteiger partial charge >= 0.3 is 5.97 Å². The summed E-state index contributed by atoms with van der Waals surface area (Å²) in [5, 5.41) is 11.9. The average Bonchev–Trinajstić information content (AvgIpc) is 2.14. The van der Waals surface area contributed by atoms with Crippen molar-refractivity contribution in [3.05, 3.63) is 0 Å². The smallest absolute Gasteiger partial charge is 0.323 e. The number of nitrogens with one attached hydrogen (secondary N) is 1. The number of alkyl halides is 2. The van der Waals surface area contributed by atoms with Gasteiger partial charge in [-0.05, 0) is 26.9 Å². The van der Waals surface area contributed by atoms with Crippen LogP contribution in [-0.2, 0) is 4.79 Å². The molecule has 0 spiro atoms. The number of likely N-dealkylation sites (N-methyl/N-ethyl adjacent to an activating group) is 1. The zero-order valence-electron chi connectivity index (χ0n) is 9.96. The zero-order chi connectivity index (χ0) is 12.8. The van der Waals surface area contributed by atoms with Gasteiger partial charge in [-0.3, -0.25) is 4.79 Å². The van der Waals surface area contributed by atoms with Gasteiger partial charge in [-0.1, -0.05) is 6.92 Å². The fraction of sp³-hybridized carbons (Fsp3) is 0.900. The zero-order valence-corrected chi connectivity index (χ0v) is 9.96. The number of carboxylic acids is 1. The quantitative estimate of drug-likeness (QED) is 0.663. The van der Waals surface area contributed by atoms with E-state index >= 15 is 0 Å². The highest BCUT2D eigenvalue weighted by Gasteiger charge is 2.31. The second-order valence-corrected chi connectivity index (χ2v) is 4.07. The van der Waals surface area contributed by atoms with Crippen molar-refractivity contribution in [3.8, 4) is 0 Å². The predicted molar refractivity (Wildman–Crippen MR) is 57.8 cm³/mol. The van der Waals surface area contributed by atoms with Crippen molar-refractivity contribution < 1.29 is 18.7 Å². The third-order valence-electron chi connectivity index (χ3n) is 2.48. The van der Waals surface area contributed by atoms with Gasteiger partial charge in [0.1, 0.15) is 5.54 Å². The number of rotatable bonds is 8. The van der Waals surface area contributed by atoms with Crippen molar-refractivity contribution in [1.82, 2.24) is 10.2 Å². The van der Waals surface area contributed by atoms with E-state index in [1.165, 1.54) is 4.90 Å². The first-order valence-corrected chi connectivity index (χ1v) is 5.27. The van der Waals surface area contributed by atoms with E-state index in [0.717, 1.165) is 0 Å². The number of hydrogen-bond acceptors (Lipinski definition) is 3. The molecular formula is C10H20F2N2O2. The summed E-state index contributed by atoms with van der Waals surface area (Å²) in [6, 6.07) is 0. The summed E-state index contributed by atoms with van der Waals surface area (Å²) in [7, 11) is 1.56. The maximum absolute atomic E-state index is 12.0. The van der Waals surface area contributed by atoms with E-state index in [4.69, 9.17) is 5.11 Å². The molecule has 16 heavy (non-hydrogen) atoms. The normalized spacial score (nSPS) is 15.4. The highest BCUT2D eigenvalue weighted by atomic mass is 19.3. The van der Waals surface area contributed by atoms with Gasteiger partial charge in [-0.25, -0.2) is 8.78 Å². The molecule has 0 rings (SSSR count). The Hall–Kier alpha value is -0.750. The van der Waals surface area contributed by atoms with Crippen molar-refractivity contribution in [1.29, 1.82) is 0 Å². The van der Waals surface area contributed by atoms with Crippen LogP contribution in [0.25, 0.3) is 0 Å². The van der Waals surface area contributed by atoms with Crippen LogP contribution in [0.2, 0.25) is 0 Å². The molecule has 0 saturated heterocycles. The Kier molecular flexibility index (Phi) is 6.43. The van der Waals surface area contributed by atoms with Crippen molar-refractivity contribution in [3.63, 3.8) is 0 Å². The van der Waals surface area contributed by atoms with Gasteiger partial charge in [-0.2, -0.15) is 0 Å².